The molecular formula is C15H22BrFN2. The van der Waals surface area contributed by atoms with Crippen LogP contribution in [0, 0.1) is 5.82 Å². The minimum absolute atomic E-state index is 0.186. The number of hydrogen-bond acceptors (Lipinski definition) is 2. The van der Waals surface area contributed by atoms with E-state index in [4.69, 9.17) is 0 Å². The second kappa shape index (κ2) is 7.36. The Kier molecular flexibility index (Phi) is 5.79. The van der Waals surface area contributed by atoms with E-state index in [1.54, 1.807) is 6.07 Å². The highest BCUT2D eigenvalue weighted by molar-refractivity contribution is 9.10. The Bertz CT molecular complexity index is 411. The van der Waals surface area contributed by atoms with Crippen LogP contribution < -0.4 is 5.32 Å². The summed E-state index contributed by atoms with van der Waals surface area (Å²) in [5.74, 6) is -0.186. The van der Waals surface area contributed by atoms with Crippen molar-refractivity contribution in [3.63, 3.8) is 0 Å². The molecule has 0 aliphatic carbocycles. The van der Waals surface area contributed by atoms with Crippen LogP contribution in [0.3, 0.4) is 0 Å². The van der Waals surface area contributed by atoms with Crippen molar-refractivity contribution >= 4 is 15.9 Å². The molecule has 1 heterocycles. The third-order valence-electron chi connectivity index (χ3n) is 3.85. The molecule has 1 aliphatic heterocycles. The summed E-state index contributed by atoms with van der Waals surface area (Å²) in [6, 6.07) is 6.00. The van der Waals surface area contributed by atoms with Gasteiger partial charge in [0, 0.05) is 12.6 Å². The Morgan fingerprint density at radius 3 is 3.00 bits per heavy atom. The van der Waals surface area contributed by atoms with Gasteiger partial charge in [0.1, 0.15) is 5.82 Å². The predicted molar refractivity (Wildman–Crippen MR) is 80.7 cm³/mol. The number of piperidine rings is 1. The van der Waals surface area contributed by atoms with Crippen LogP contribution >= 0.6 is 15.9 Å². The zero-order chi connectivity index (χ0) is 13.7. The third-order valence-corrected chi connectivity index (χ3v) is 4.45. The molecule has 1 aliphatic rings. The van der Waals surface area contributed by atoms with Crippen LogP contribution in [-0.2, 0) is 6.54 Å². The molecule has 1 aromatic rings. The fourth-order valence-electron chi connectivity index (χ4n) is 2.78. The van der Waals surface area contributed by atoms with Crippen molar-refractivity contribution in [2.45, 2.75) is 38.3 Å². The van der Waals surface area contributed by atoms with Gasteiger partial charge >= 0.3 is 0 Å². The van der Waals surface area contributed by atoms with Gasteiger partial charge in [-0.1, -0.05) is 12.5 Å². The van der Waals surface area contributed by atoms with Crippen molar-refractivity contribution < 1.29 is 4.39 Å². The largest absolute Gasteiger partial charge is 0.320 e. The van der Waals surface area contributed by atoms with Crippen molar-refractivity contribution in [1.82, 2.24) is 10.2 Å². The number of rotatable bonds is 5. The van der Waals surface area contributed by atoms with Crippen molar-refractivity contribution in [3.05, 3.63) is 34.1 Å². The van der Waals surface area contributed by atoms with E-state index in [0.29, 0.717) is 10.5 Å². The maximum absolute atomic E-state index is 13.3. The second-order valence-electron chi connectivity index (χ2n) is 5.26. The summed E-state index contributed by atoms with van der Waals surface area (Å²) in [5.41, 5.74) is 1.18. The quantitative estimate of drug-likeness (QED) is 0.889. The van der Waals surface area contributed by atoms with Crippen LogP contribution in [0.4, 0.5) is 4.39 Å². The number of likely N-dealkylation sites (tertiary alicyclic amines) is 1. The molecule has 1 unspecified atom stereocenters. The van der Waals surface area contributed by atoms with Gasteiger partial charge in [0.05, 0.1) is 4.47 Å². The van der Waals surface area contributed by atoms with E-state index in [2.05, 4.69) is 26.1 Å². The summed E-state index contributed by atoms with van der Waals surface area (Å²) in [7, 11) is 2.00. The highest BCUT2D eigenvalue weighted by atomic mass is 79.9. The lowest BCUT2D eigenvalue weighted by atomic mass is 9.98. The minimum atomic E-state index is -0.186. The Hall–Kier alpha value is -0.450. The van der Waals surface area contributed by atoms with Gasteiger partial charge in [-0.05, 0) is 73.0 Å². The predicted octanol–water partition coefficient (Wildman–Crippen LogP) is 3.55. The molecule has 1 fully saturated rings. The van der Waals surface area contributed by atoms with Crippen LogP contribution in [0.15, 0.2) is 22.7 Å². The average Bonchev–Trinajstić information content (AvgIpc) is 2.42. The normalized spacial score (nSPS) is 20.7. The molecule has 0 bridgehead atoms. The van der Waals surface area contributed by atoms with Gasteiger partial charge in [-0.15, -0.1) is 0 Å². The average molecular weight is 329 g/mol. The highest BCUT2D eigenvalue weighted by Crippen LogP contribution is 2.23. The van der Waals surface area contributed by atoms with Crippen LogP contribution in [0.2, 0.25) is 0 Å². The maximum atomic E-state index is 13.3. The molecule has 0 spiro atoms. The first kappa shape index (κ1) is 14.9. The molecule has 4 heteroatoms. The van der Waals surface area contributed by atoms with E-state index in [1.165, 1.54) is 31.2 Å². The third kappa shape index (κ3) is 4.26. The Balaban J connectivity index is 1.99. The lowest BCUT2D eigenvalue weighted by molar-refractivity contribution is 0.132. The van der Waals surface area contributed by atoms with E-state index in [0.717, 1.165) is 19.6 Å². The second-order valence-corrected chi connectivity index (χ2v) is 6.12. The standard InChI is InChI=1S/C15H22BrFN2/c1-18-8-7-13-4-2-3-9-19(13)11-12-5-6-15(17)14(16)10-12/h5-6,10,13,18H,2-4,7-9,11H2,1H3. The molecule has 1 N–H and O–H groups in total. The van der Waals surface area contributed by atoms with Gasteiger partial charge in [-0.2, -0.15) is 0 Å². The SMILES string of the molecule is CNCCC1CCCCN1Cc1ccc(F)c(Br)c1. The van der Waals surface area contributed by atoms with Gasteiger partial charge in [-0.3, -0.25) is 4.90 Å². The van der Waals surface area contributed by atoms with E-state index >= 15 is 0 Å². The number of nitrogens with zero attached hydrogens (tertiary/aromatic N) is 1. The molecule has 1 atom stereocenters. The maximum Gasteiger partial charge on any atom is 0.137 e. The van der Waals surface area contributed by atoms with Gasteiger partial charge in [-0.25, -0.2) is 4.39 Å². The van der Waals surface area contributed by atoms with E-state index in [1.807, 2.05) is 19.2 Å². The van der Waals surface area contributed by atoms with Crippen molar-refractivity contribution in [1.29, 1.82) is 0 Å². The fraction of sp³-hybridized carbons (Fsp3) is 0.600. The number of halogens is 2. The fourth-order valence-corrected chi connectivity index (χ4v) is 3.20. The van der Waals surface area contributed by atoms with Crippen LogP contribution in [0.5, 0.6) is 0 Å². The number of nitrogens with one attached hydrogen (secondary N) is 1. The first-order chi connectivity index (χ1) is 9.20. The lowest BCUT2D eigenvalue weighted by Crippen LogP contribution is -2.40. The topological polar surface area (TPSA) is 15.3 Å². The molecule has 106 valence electrons. The summed E-state index contributed by atoms with van der Waals surface area (Å²) in [6.07, 6.45) is 5.08. The summed E-state index contributed by atoms with van der Waals surface area (Å²) < 4.78 is 13.8. The molecule has 19 heavy (non-hydrogen) atoms. The summed E-state index contributed by atoms with van der Waals surface area (Å²) in [5, 5.41) is 3.23. The highest BCUT2D eigenvalue weighted by Gasteiger charge is 2.21. The minimum Gasteiger partial charge on any atom is -0.320 e. The first-order valence-electron chi connectivity index (χ1n) is 7.03. The number of benzene rings is 1. The summed E-state index contributed by atoms with van der Waals surface area (Å²) >= 11 is 3.26. The molecule has 0 saturated carbocycles. The van der Waals surface area contributed by atoms with Gasteiger partial charge < -0.3 is 5.32 Å². The molecule has 0 amide bonds. The van der Waals surface area contributed by atoms with E-state index in [-0.39, 0.29) is 5.82 Å². The van der Waals surface area contributed by atoms with Crippen LogP contribution in [-0.4, -0.2) is 31.1 Å². The Morgan fingerprint density at radius 2 is 2.26 bits per heavy atom. The van der Waals surface area contributed by atoms with Gasteiger partial charge in [0.15, 0.2) is 0 Å². The van der Waals surface area contributed by atoms with Crippen LogP contribution in [0.25, 0.3) is 0 Å². The van der Waals surface area contributed by atoms with E-state index < -0.39 is 0 Å². The van der Waals surface area contributed by atoms with Crippen LogP contribution in [0.1, 0.15) is 31.2 Å². The molecular weight excluding hydrogens is 307 g/mol. The summed E-state index contributed by atoms with van der Waals surface area (Å²) in [6.45, 7) is 3.14. The summed E-state index contributed by atoms with van der Waals surface area (Å²) in [4.78, 5) is 2.54. The molecule has 0 aromatic heterocycles. The Labute approximate surface area is 123 Å². The first-order valence-corrected chi connectivity index (χ1v) is 7.82. The van der Waals surface area contributed by atoms with E-state index in [9.17, 15) is 4.39 Å². The van der Waals surface area contributed by atoms with Gasteiger partial charge in [0.2, 0.25) is 0 Å². The van der Waals surface area contributed by atoms with Crippen molar-refractivity contribution in [2.75, 3.05) is 20.1 Å². The van der Waals surface area contributed by atoms with Crippen molar-refractivity contribution in [3.8, 4) is 0 Å². The molecule has 2 nitrogen and oxygen atoms in total. The Morgan fingerprint density at radius 1 is 1.42 bits per heavy atom. The lowest BCUT2D eigenvalue weighted by Gasteiger charge is -2.36. The zero-order valence-electron chi connectivity index (χ0n) is 11.5. The molecule has 1 aromatic carbocycles. The van der Waals surface area contributed by atoms with Crippen molar-refractivity contribution in [2.24, 2.45) is 0 Å². The molecule has 2 rings (SSSR count). The monoisotopic (exact) mass is 328 g/mol. The molecule has 1 saturated heterocycles. The van der Waals surface area contributed by atoms with Gasteiger partial charge in [0.25, 0.3) is 0 Å². The smallest absolute Gasteiger partial charge is 0.137 e. The number of hydrogen-bond donors (Lipinski definition) is 1. The molecule has 0 radical (unpaired) electrons. The zero-order valence-corrected chi connectivity index (χ0v) is 13.0.